The Morgan fingerprint density at radius 2 is 1.68 bits per heavy atom. The molecule has 8 heteroatoms. The SMILES string of the molecule is CC(C)(C)N(CCI)CC(N)C(=O)N1CCN(C(N)=O)CC1. The molecule has 0 bridgehead atoms. The standard InChI is InChI=1S/C14H28IN5O2/c1-14(2,3)20(5-4-15)10-11(16)12(21)18-6-8-19(9-7-18)13(17)22/h11H,4-10,16H2,1-3H3,(H2,17,22). The van der Waals surface area contributed by atoms with Crippen LogP contribution in [0.2, 0.25) is 0 Å². The maximum Gasteiger partial charge on any atom is 0.314 e. The van der Waals surface area contributed by atoms with Gasteiger partial charge in [0, 0.05) is 49.2 Å². The van der Waals surface area contributed by atoms with E-state index >= 15 is 0 Å². The number of urea groups is 1. The van der Waals surface area contributed by atoms with Crippen molar-refractivity contribution < 1.29 is 9.59 Å². The van der Waals surface area contributed by atoms with Gasteiger partial charge in [-0.1, -0.05) is 22.6 Å². The lowest BCUT2D eigenvalue weighted by Gasteiger charge is -2.39. The first-order valence-electron chi connectivity index (χ1n) is 7.56. The van der Waals surface area contributed by atoms with E-state index in [-0.39, 0.29) is 11.4 Å². The Bertz CT molecular complexity index is 391. The fraction of sp³-hybridized carbons (Fsp3) is 0.857. The van der Waals surface area contributed by atoms with Crippen LogP contribution in [0.25, 0.3) is 0 Å². The molecule has 0 aromatic heterocycles. The summed E-state index contributed by atoms with van der Waals surface area (Å²) in [6, 6.07) is -0.973. The van der Waals surface area contributed by atoms with Gasteiger partial charge in [0.1, 0.15) is 0 Å². The molecule has 0 saturated carbocycles. The first-order chi connectivity index (χ1) is 10.2. The predicted octanol–water partition coefficient (Wildman–Crippen LogP) is 0.0721. The second kappa shape index (κ2) is 8.30. The van der Waals surface area contributed by atoms with Gasteiger partial charge in [-0.15, -0.1) is 0 Å². The fourth-order valence-electron chi connectivity index (χ4n) is 2.50. The maximum absolute atomic E-state index is 12.5. The van der Waals surface area contributed by atoms with Gasteiger partial charge in [-0.3, -0.25) is 9.69 Å². The van der Waals surface area contributed by atoms with Crippen LogP contribution in [0.15, 0.2) is 0 Å². The number of rotatable bonds is 5. The van der Waals surface area contributed by atoms with E-state index in [1.165, 1.54) is 0 Å². The normalized spacial score (nSPS) is 17.7. The summed E-state index contributed by atoms with van der Waals surface area (Å²) in [5.74, 6) is -0.0492. The minimum atomic E-state index is -0.540. The van der Waals surface area contributed by atoms with E-state index in [0.717, 1.165) is 11.0 Å². The molecule has 1 aliphatic heterocycles. The second-order valence-electron chi connectivity index (χ2n) is 6.56. The van der Waals surface area contributed by atoms with Crippen LogP contribution in [0, 0.1) is 0 Å². The highest BCUT2D eigenvalue weighted by Gasteiger charge is 2.30. The summed E-state index contributed by atoms with van der Waals surface area (Å²) in [6.45, 7) is 9.78. The van der Waals surface area contributed by atoms with E-state index in [4.69, 9.17) is 11.5 Å². The molecule has 128 valence electrons. The predicted molar refractivity (Wildman–Crippen MR) is 95.9 cm³/mol. The molecule has 0 spiro atoms. The number of carbonyl (C=O) groups excluding carboxylic acids is 2. The highest BCUT2D eigenvalue weighted by atomic mass is 127. The molecular formula is C14H28IN5O2. The van der Waals surface area contributed by atoms with E-state index in [2.05, 4.69) is 48.3 Å². The molecule has 4 N–H and O–H groups in total. The molecule has 0 aliphatic carbocycles. The molecule has 1 fully saturated rings. The van der Waals surface area contributed by atoms with Gasteiger partial charge in [0.25, 0.3) is 0 Å². The van der Waals surface area contributed by atoms with Gasteiger partial charge >= 0.3 is 6.03 Å². The third-order valence-corrected chi connectivity index (χ3v) is 4.42. The summed E-state index contributed by atoms with van der Waals surface area (Å²) in [6.07, 6.45) is 0. The Hall–Kier alpha value is -0.610. The Kier molecular flexibility index (Phi) is 7.33. The topological polar surface area (TPSA) is 95.9 Å². The van der Waals surface area contributed by atoms with Crippen molar-refractivity contribution in [1.82, 2.24) is 14.7 Å². The van der Waals surface area contributed by atoms with Crippen LogP contribution < -0.4 is 11.5 Å². The molecule has 1 aliphatic rings. The van der Waals surface area contributed by atoms with Crippen molar-refractivity contribution in [2.45, 2.75) is 32.4 Å². The molecule has 7 nitrogen and oxygen atoms in total. The lowest BCUT2D eigenvalue weighted by molar-refractivity contribution is -0.134. The smallest absolute Gasteiger partial charge is 0.314 e. The van der Waals surface area contributed by atoms with Crippen LogP contribution in [0.4, 0.5) is 4.79 Å². The van der Waals surface area contributed by atoms with Crippen molar-refractivity contribution in [2.75, 3.05) is 43.7 Å². The van der Waals surface area contributed by atoms with Crippen LogP contribution in [0.5, 0.6) is 0 Å². The van der Waals surface area contributed by atoms with E-state index in [9.17, 15) is 9.59 Å². The van der Waals surface area contributed by atoms with E-state index < -0.39 is 12.1 Å². The fourth-order valence-corrected chi connectivity index (χ4v) is 3.08. The summed E-state index contributed by atoms with van der Waals surface area (Å²) in [4.78, 5) is 29.1. The number of amides is 3. The molecule has 1 unspecified atom stereocenters. The largest absolute Gasteiger partial charge is 0.351 e. The molecule has 1 saturated heterocycles. The number of piperazine rings is 1. The van der Waals surface area contributed by atoms with Gasteiger partial charge in [0.05, 0.1) is 6.04 Å². The van der Waals surface area contributed by atoms with E-state index in [1.54, 1.807) is 9.80 Å². The highest BCUT2D eigenvalue weighted by molar-refractivity contribution is 14.1. The van der Waals surface area contributed by atoms with Crippen molar-refractivity contribution >= 4 is 34.5 Å². The minimum Gasteiger partial charge on any atom is -0.351 e. The van der Waals surface area contributed by atoms with Crippen LogP contribution in [0.1, 0.15) is 20.8 Å². The second-order valence-corrected chi connectivity index (χ2v) is 7.64. The van der Waals surface area contributed by atoms with Crippen molar-refractivity contribution in [3.63, 3.8) is 0 Å². The Balaban J connectivity index is 2.56. The molecule has 1 atom stereocenters. The van der Waals surface area contributed by atoms with Crippen molar-refractivity contribution in [2.24, 2.45) is 11.5 Å². The number of primary amides is 1. The average molecular weight is 425 g/mol. The highest BCUT2D eigenvalue weighted by Crippen LogP contribution is 2.14. The van der Waals surface area contributed by atoms with Crippen LogP contribution in [-0.4, -0.2) is 81.9 Å². The van der Waals surface area contributed by atoms with Crippen LogP contribution in [0.3, 0.4) is 0 Å². The van der Waals surface area contributed by atoms with Gasteiger partial charge < -0.3 is 21.3 Å². The maximum atomic E-state index is 12.5. The zero-order valence-corrected chi connectivity index (χ0v) is 15.9. The number of nitrogens with two attached hydrogens (primary N) is 2. The summed E-state index contributed by atoms with van der Waals surface area (Å²) < 4.78 is 0.993. The molecule has 3 amide bonds. The molecule has 1 rings (SSSR count). The lowest BCUT2D eigenvalue weighted by atomic mass is 10.0. The zero-order valence-electron chi connectivity index (χ0n) is 13.7. The number of alkyl halides is 1. The summed E-state index contributed by atoms with van der Waals surface area (Å²) in [5, 5.41) is 0. The van der Waals surface area contributed by atoms with E-state index in [1.807, 2.05) is 0 Å². The molecule has 0 aromatic rings. The molecule has 0 radical (unpaired) electrons. The van der Waals surface area contributed by atoms with Crippen LogP contribution in [-0.2, 0) is 4.79 Å². The monoisotopic (exact) mass is 425 g/mol. The first-order valence-corrected chi connectivity index (χ1v) is 9.09. The van der Waals surface area contributed by atoms with Crippen molar-refractivity contribution in [3.05, 3.63) is 0 Å². The summed E-state index contributed by atoms with van der Waals surface area (Å²) >= 11 is 2.33. The molecule has 0 aromatic carbocycles. The number of hydrogen-bond acceptors (Lipinski definition) is 4. The summed E-state index contributed by atoms with van der Waals surface area (Å²) in [5.41, 5.74) is 11.4. The van der Waals surface area contributed by atoms with Gasteiger partial charge in [-0.25, -0.2) is 4.79 Å². The number of carbonyl (C=O) groups is 2. The quantitative estimate of drug-likeness (QED) is 0.482. The third kappa shape index (κ3) is 5.54. The first kappa shape index (κ1) is 19.4. The third-order valence-electron chi connectivity index (χ3n) is 3.94. The van der Waals surface area contributed by atoms with Gasteiger partial charge in [0.15, 0.2) is 0 Å². The van der Waals surface area contributed by atoms with Gasteiger partial charge in [-0.05, 0) is 20.8 Å². The zero-order chi connectivity index (χ0) is 16.9. The van der Waals surface area contributed by atoms with Crippen molar-refractivity contribution in [1.29, 1.82) is 0 Å². The average Bonchev–Trinajstić information content (AvgIpc) is 2.45. The Morgan fingerprint density at radius 3 is 2.09 bits per heavy atom. The Labute approximate surface area is 146 Å². The van der Waals surface area contributed by atoms with Gasteiger partial charge in [0.2, 0.25) is 5.91 Å². The number of nitrogens with zero attached hydrogens (tertiary/aromatic N) is 3. The Morgan fingerprint density at radius 1 is 1.18 bits per heavy atom. The summed E-state index contributed by atoms with van der Waals surface area (Å²) in [7, 11) is 0. The van der Waals surface area contributed by atoms with Gasteiger partial charge in [-0.2, -0.15) is 0 Å². The van der Waals surface area contributed by atoms with Crippen molar-refractivity contribution in [3.8, 4) is 0 Å². The lowest BCUT2D eigenvalue weighted by Crippen LogP contribution is -2.58. The molecule has 1 heterocycles. The molecular weight excluding hydrogens is 397 g/mol. The number of halogens is 1. The number of hydrogen-bond donors (Lipinski definition) is 2. The minimum absolute atomic E-state index is 0.0201. The molecule has 22 heavy (non-hydrogen) atoms. The van der Waals surface area contributed by atoms with E-state index in [0.29, 0.717) is 32.7 Å². The van der Waals surface area contributed by atoms with Crippen LogP contribution >= 0.6 is 22.6 Å².